The summed E-state index contributed by atoms with van der Waals surface area (Å²) in [6.45, 7) is 0.598. The molecule has 0 heterocycles. The smallest absolute Gasteiger partial charge is 0.123 e. The highest BCUT2D eigenvalue weighted by Crippen LogP contribution is 2.06. The van der Waals surface area contributed by atoms with Gasteiger partial charge < -0.3 is 10.4 Å². The standard InChI is InChI=1S/C11H16FNO/c1-13-8-11(14)7-4-9-2-5-10(12)6-3-9/h2-3,5-6,11,13-14H,4,7-8H2,1H3. The Balaban J connectivity index is 2.34. The van der Waals surface area contributed by atoms with E-state index in [-0.39, 0.29) is 11.9 Å². The molecule has 2 N–H and O–H groups in total. The van der Waals surface area contributed by atoms with Gasteiger partial charge in [0.1, 0.15) is 5.82 Å². The highest BCUT2D eigenvalue weighted by molar-refractivity contribution is 5.16. The van der Waals surface area contributed by atoms with Gasteiger partial charge in [0.25, 0.3) is 0 Å². The summed E-state index contributed by atoms with van der Waals surface area (Å²) in [6, 6.07) is 6.39. The minimum Gasteiger partial charge on any atom is -0.392 e. The van der Waals surface area contributed by atoms with E-state index in [1.807, 2.05) is 0 Å². The Labute approximate surface area is 83.8 Å². The molecule has 0 radical (unpaired) electrons. The number of likely N-dealkylation sites (N-methyl/N-ethyl adjacent to an activating group) is 1. The van der Waals surface area contributed by atoms with Crippen molar-refractivity contribution in [1.82, 2.24) is 5.32 Å². The Morgan fingerprint density at radius 1 is 1.36 bits per heavy atom. The lowest BCUT2D eigenvalue weighted by molar-refractivity contribution is 0.165. The van der Waals surface area contributed by atoms with Crippen molar-refractivity contribution in [3.05, 3.63) is 35.6 Å². The van der Waals surface area contributed by atoms with Gasteiger partial charge in [-0.15, -0.1) is 0 Å². The van der Waals surface area contributed by atoms with Crippen molar-refractivity contribution in [3.8, 4) is 0 Å². The van der Waals surface area contributed by atoms with E-state index in [4.69, 9.17) is 0 Å². The molecule has 14 heavy (non-hydrogen) atoms. The van der Waals surface area contributed by atoms with Crippen LogP contribution in [-0.4, -0.2) is 24.8 Å². The van der Waals surface area contributed by atoms with Crippen molar-refractivity contribution in [2.75, 3.05) is 13.6 Å². The number of aliphatic hydroxyl groups excluding tert-OH is 1. The normalized spacial score (nSPS) is 12.8. The Kier molecular flexibility index (Phi) is 4.56. The number of benzene rings is 1. The summed E-state index contributed by atoms with van der Waals surface area (Å²) in [6.07, 6.45) is 1.15. The first kappa shape index (κ1) is 11.1. The molecule has 78 valence electrons. The average molecular weight is 197 g/mol. The van der Waals surface area contributed by atoms with Crippen molar-refractivity contribution in [2.45, 2.75) is 18.9 Å². The van der Waals surface area contributed by atoms with E-state index in [0.29, 0.717) is 13.0 Å². The van der Waals surface area contributed by atoms with Gasteiger partial charge in [-0.25, -0.2) is 4.39 Å². The fourth-order valence-corrected chi connectivity index (χ4v) is 1.32. The first-order valence-corrected chi connectivity index (χ1v) is 4.79. The minimum absolute atomic E-state index is 0.218. The summed E-state index contributed by atoms with van der Waals surface area (Å²) in [5, 5.41) is 12.3. The molecule has 0 saturated carbocycles. The molecule has 0 aliphatic rings. The topological polar surface area (TPSA) is 32.3 Å². The van der Waals surface area contributed by atoms with E-state index in [9.17, 15) is 9.50 Å². The summed E-state index contributed by atoms with van der Waals surface area (Å²) in [4.78, 5) is 0. The second-order valence-electron chi connectivity index (χ2n) is 3.38. The largest absolute Gasteiger partial charge is 0.392 e. The SMILES string of the molecule is CNCC(O)CCc1ccc(F)cc1. The molecule has 0 aliphatic heterocycles. The second kappa shape index (κ2) is 5.73. The summed E-state index contributed by atoms with van der Waals surface area (Å²) >= 11 is 0. The van der Waals surface area contributed by atoms with E-state index in [1.54, 1.807) is 19.2 Å². The lowest BCUT2D eigenvalue weighted by Gasteiger charge is -2.09. The third-order valence-electron chi connectivity index (χ3n) is 2.12. The number of aliphatic hydroxyl groups is 1. The fraction of sp³-hybridized carbons (Fsp3) is 0.455. The van der Waals surface area contributed by atoms with Crippen molar-refractivity contribution < 1.29 is 9.50 Å². The molecular weight excluding hydrogens is 181 g/mol. The van der Waals surface area contributed by atoms with Crippen molar-refractivity contribution >= 4 is 0 Å². The Hall–Kier alpha value is -0.930. The third-order valence-corrected chi connectivity index (χ3v) is 2.12. The summed E-state index contributed by atoms with van der Waals surface area (Å²) in [7, 11) is 1.81. The molecule has 0 amide bonds. The molecule has 1 aromatic rings. The maximum atomic E-state index is 12.5. The van der Waals surface area contributed by atoms with Crippen LogP contribution >= 0.6 is 0 Å². The van der Waals surface area contributed by atoms with E-state index >= 15 is 0 Å². The zero-order valence-electron chi connectivity index (χ0n) is 8.33. The Bertz CT molecular complexity index is 260. The highest BCUT2D eigenvalue weighted by atomic mass is 19.1. The Morgan fingerprint density at radius 3 is 2.57 bits per heavy atom. The van der Waals surface area contributed by atoms with Crippen LogP contribution in [0.1, 0.15) is 12.0 Å². The second-order valence-corrected chi connectivity index (χ2v) is 3.38. The summed E-state index contributed by atoms with van der Waals surface area (Å²) in [5.41, 5.74) is 1.06. The lowest BCUT2D eigenvalue weighted by Crippen LogP contribution is -2.23. The number of hydrogen-bond donors (Lipinski definition) is 2. The van der Waals surface area contributed by atoms with Crippen LogP contribution in [0.25, 0.3) is 0 Å². The van der Waals surface area contributed by atoms with E-state index in [2.05, 4.69) is 5.32 Å². The van der Waals surface area contributed by atoms with E-state index in [1.165, 1.54) is 12.1 Å². The predicted octanol–water partition coefficient (Wildman–Crippen LogP) is 1.34. The number of hydrogen-bond acceptors (Lipinski definition) is 2. The van der Waals surface area contributed by atoms with E-state index in [0.717, 1.165) is 12.0 Å². The van der Waals surface area contributed by atoms with Crippen LogP contribution in [0.3, 0.4) is 0 Å². The van der Waals surface area contributed by atoms with Gasteiger partial charge in [-0.1, -0.05) is 12.1 Å². The molecule has 2 nitrogen and oxygen atoms in total. The molecule has 0 saturated heterocycles. The van der Waals surface area contributed by atoms with Crippen LogP contribution in [-0.2, 0) is 6.42 Å². The van der Waals surface area contributed by atoms with Gasteiger partial charge >= 0.3 is 0 Å². The summed E-state index contributed by atoms with van der Waals surface area (Å²) < 4.78 is 12.5. The predicted molar refractivity (Wildman–Crippen MR) is 54.7 cm³/mol. The zero-order valence-corrected chi connectivity index (χ0v) is 8.33. The van der Waals surface area contributed by atoms with Gasteiger partial charge in [-0.05, 0) is 37.6 Å². The number of halogens is 1. The van der Waals surface area contributed by atoms with Gasteiger partial charge in [0.2, 0.25) is 0 Å². The summed E-state index contributed by atoms with van der Waals surface area (Å²) in [5.74, 6) is -0.218. The molecule has 1 atom stereocenters. The molecule has 0 aliphatic carbocycles. The van der Waals surface area contributed by atoms with Crippen molar-refractivity contribution in [2.24, 2.45) is 0 Å². The molecular formula is C11H16FNO. The van der Waals surface area contributed by atoms with Gasteiger partial charge in [0.15, 0.2) is 0 Å². The molecule has 0 spiro atoms. The van der Waals surface area contributed by atoms with Crippen LogP contribution in [0, 0.1) is 5.82 Å². The molecule has 1 aromatic carbocycles. The first-order valence-electron chi connectivity index (χ1n) is 4.79. The highest BCUT2D eigenvalue weighted by Gasteiger charge is 2.02. The maximum Gasteiger partial charge on any atom is 0.123 e. The molecule has 0 bridgehead atoms. The van der Waals surface area contributed by atoms with E-state index < -0.39 is 0 Å². The molecule has 1 rings (SSSR count). The molecule has 0 aromatic heterocycles. The minimum atomic E-state index is -0.329. The molecule has 1 unspecified atom stereocenters. The number of aryl methyl sites for hydroxylation is 1. The first-order chi connectivity index (χ1) is 6.72. The average Bonchev–Trinajstić information content (AvgIpc) is 2.17. The van der Waals surface area contributed by atoms with Gasteiger partial charge in [0.05, 0.1) is 6.10 Å². The Morgan fingerprint density at radius 2 is 2.00 bits per heavy atom. The van der Waals surface area contributed by atoms with Crippen LogP contribution in [0.15, 0.2) is 24.3 Å². The van der Waals surface area contributed by atoms with Gasteiger partial charge in [0, 0.05) is 6.54 Å². The maximum absolute atomic E-state index is 12.5. The number of nitrogens with one attached hydrogen (secondary N) is 1. The van der Waals surface area contributed by atoms with Gasteiger partial charge in [-0.3, -0.25) is 0 Å². The van der Waals surface area contributed by atoms with Crippen molar-refractivity contribution in [3.63, 3.8) is 0 Å². The molecule has 0 fully saturated rings. The van der Waals surface area contributed by atoms with Crippen molar-refractivity contribution in [1.29, 1.82) is 0 Å². The van der Waals surface area contributed by atoms with Crippen LogP contribution in [0.2, 0.25) is 0 Å². The van der Waals surface area contributed by atoms with Gasteiger partial charge in [-0.2, -0.15) is 0 Å². The van der Waals surface area contributed by atoms with Crippen LogP contribution < -0.4 is 5.32 Å². The molecule has 3 heteroatoms. The van der Waals surface area contributed by atoms with Crippen LogP contribution in [0.5, 0.6) is 0 Å². The third kappa shape index (κ3) is 3.85. The van der Waals surface area contributed by atoms with Crippen LogP contribution in [0.4, 0.5) is 4.39 Å². The quantitative estimate of drug-likeness (QED) is 0.746. The zero-order chi connectivity index (χ0) is 10.4. The lowest BCUT2D eigenvalue weighted by atomic mass is 10.1. The fourth-order valence-electron chi connectivity index (χ4n) is 1.32. The number of rotatable bonds is 5. The monoisotopic (exact) mass is 197 g/mol.